The quantitative estimate of drug-likeness (QED) is 0.682. The molecule has 0 bridgehead atoms. The zero-order valence-electron chi connectivity index (χ0n) is 6.16. The molecule has 2 rings (SSSR count). The highest BCUT2D eigenvalue weighted by atomic mass is 35.5. The summed E-state index contributed by atoms with van der Waals surface area (Å²) in [4.78, 5) is 3.96. The molecule has 60 valence electrons. The van der Waals surface area contributed by atoms with Crippen LogP contribution in [0.4, 0.5) is 0 Å². The van der Waals surface area contributed by atoms with E-state index in [1.165, 1.54) is 0 Å². The van der Waals surface area contributed by atoms with E-state index in [-0.39, 0.29) is 0 Å². The average Bonchev–Trinajstić information content (AvgIpc) is 2.58. The number of aromatic amines is 1. The molecule has 0 amide bonds. The van der Waals surface area contributed by atoms with E-state index in [0.717, 1.165) is 11.1 Å². The Hall–Kier alpha value is -1.35. The third-order valence-corrected chi connectivity index (χ3v) is 1.78. The predicted molar refractivity (Wildman–Crippen MR) is 46.8 cm³/mol. The van der Waals surface area contributed by atoms with Gasteiger partial charge in [0, 0.05) is 23.5 Å². The maximum Gasteiger partial charge on any atom is 0.129 e. The molecule has 12 heavy (non-hydrogen) atoms. The SMILES string of the molecule is Clc1ccc(-c2cn[nH]c2)cn1. The maximum absolute atomic E-state index is 5.64. The second kappa shape index (κ2) is 2.95. The fraction of sp³-hybridized carbons (Fsp3) is 0. The minimum atomic E-state index is 0.502. The van der Waals surface area contributed by atoms with E-state index in [1.54, 1.807) is 18.5 Å². The van der Waals surface area contributed by atoms with Crippen molar-refractivity contribution in [3.8, 4) is 11.1 Å². The molecule has 0 aromatic carbocycles. The number of hydrogen-bond donors (Lipinski definition) is 1. The normalized spacial score (nSPS) is 10.1. The molecule has 0 aliphatic rings. The van der Waals surface area contributed by atoms with Crippen LogP contribution in [0.2, 0.25) is 5.15 Å². The maximum atomic E-state index is 5.64. The van der Waals surface area contributed by atoms with Crippen LogP contribution in [0.3, 0.4) is 0 Å². The van der Waals surface area contributed by atoms with Crippen LogP contribution in [0.5, 0.6) is 0 Å². The summed E-state index contributed by atoms with van der Waals surface area (Å²) in [6.07, 6.45) is 5.27. The number of hydrogen-bond acceptors (Lipinski definition) is 2. The van der Waals surface area contributed by atoms with Gasteiger partial charge >= 0.3 is 0 Å². The molecule has 0 aliphatic carbocycles. The van der Waals surface area contributed by atoms with Gasteiger partial charge in [-0.25, -0.2) is 4.98 Å². The predicted octanol–water partition coefficient (Wildman–Crippen LogP) is 2.13. The third-order valence-electron chi connectivity index (χ3n) is 1.56. The Morgan fingerprint density at radius 3 is 2.67 bits per heavy atom. The van der Waals surface area contributed by atoms with E-state index in [9.17, 15) is 0 Å². The second-order valence-corrected chi connectivity index (χ2v) is 2.74. The van der Waals surface area contributed by atoms with Crippen LogP contribution in [0, 0.1) is 0 Å². The lowest BCUT2D eigenvalue weighted by atomic mass is 10.2. The summed E-state index contributed by atoms with van der Waals surface area (Å²) < 4.78 is 0. The second-order valence-electron chi connectivity index (χ2n) is 2.36. The number of halogens is 1. The van der Waals surface area contributed by atoms with Gasteiger partial charge in [0.05, 0.1) is 6.20 Å². The summed E-state index contributed by atoms with van der Waals surface area (Å²) in [7, 11) is 0. The molecule has 0 radical (unpaired) electrons. The molecule has 3 nitrogen and oxygen atoms in total. The number of nitrogens with one attached hydrogen (secondary N) is 1. The minimum Gasteiger partial charge on any atom is -0.285 e. The van der Waals surface area contributed by atoms with Gasteiger partial charge in [-0.2, -0.15) is 5.10 Å². The van der Waals surface area contributed by atoms with Crippen LogP contribution >= 0.6 is 11.6 Å². The molecule has 2 aromatic rings. The van der Waals surface area contributed by atoms with E-state index in [2.05, 4.69) is 15.2 Å². The van der Waals surface area contributed by atoms with Crippen molar-refractivity contribution in [1.82, 2.24) is 15.2 Å². The van der Waals surface area contributed by atoms with Crippen LogP contribution in [-0.4, -0.2) is 15.2 Å². The first-order chi connectivity index (χ1) is 5.86. The van der Waals surface area contributed by atoms with Crippen molar-refractivity contribution >= 4 is 11.6 Å². The van der Waals surface area contributed by atoms with Crippen molar-refractivity contribution in [3.63, 3.8) is 0 Å². The molecule has 0 spiro atoms. The van der Waals surface area contributed by atoms with Crippen molar-refractivity contribution in [3.05, 3.63) is 35.9 Å². The molecule has 1 N–H and O–H groups in total. The molecule has 0 saturated heterocycles. The van der Waals surface area contributed by atoms with Crippen molar-refractivity contribution in [2.45, 2.75) is 0 Å². The van der Waals surface area contributed by atoms with E-state index in [1.807, 2.05) is 12.3 Å². The molecular weight excluding hydrogens is 174 g/mol. The van der Waals surface area contributed by atoms with Gasteiger partial charge in [0.2, 0.25) is 0 Å². The average molecular weight is 180 g/mol. The molecule has 2 aromatic heterocycles. The fourth-order valence-corrected chi connectivity index (χ4v) is 1.07. The van der Waals surface area contributed by atoms with Gasteiger partial charge in [0.1, 0.15) is 5.15 Å². The van der Waals surface area contributed by atoms with E-state index >= 15 is 0 Å². The third kappa shape index (κ3) is 1.31. The van der Waals surface area contributed by atoms with Crippen LogP contribution in [0.25, 0.3) is 11.1 Å². The van der Waals surface area contributed by atoms with E-state index in [0.29, 0.717) is 5.15 Å². The first kappa shape index (κ1) is 7.31. The van der Waals surface area contributed by atoms with Crippen LogP contribution in [0.15, 0.2) is 30.7 Å². The summed E-state index contributed by atoms with van der Waals surface area (Å²) >= 11 is 5.64. The highest BCUT2D eigenvalue weighted by Crippen LogP contribution is 2.17. The molecule has 0 fully saturated rings. The summed E-state index contributed by atoms with van der Waals surface area (Å²) in [6.45, 7) is 0. The summed E-state index contributed by atoms with van der Waals surface area (Å²) in [6, 6.07) is 3.66. The smallest absolute Gasteiger partial charge is 0.129 e. The lowest BCUT2D eigenvalue weighted by Crippen LogP contribution is -1.76. The van der Waals surface area contributed by atoms with Crippen molar-refractivity contribution < 1.29 is 0 Å². The molecule has 0 aliphatic heterocycles. The lowest BCUT2D eigenvalue weighted by Gasteiger charge is -1.94. The van der Waals surface area contributed by atoms with Crippen molar-refractivity contribution in [1.29, 1.82) is 0 Å². The zero-order chi connectivity index (χ0) is 8.39. The number of aromatic nitrogens is 3. The highest BCUT2D eigenvalue weighted by molar-refractivity contribution is 6.29. The standard InChI is InChI=1S/C8H6ClN3/c9-8-2-1-6(3-10-8)7-4-11-12-5-7/h1-5H,(H,11,12). The molecule has 0 saturated carbocycles. The zero-order valence-corrected chi connectivity index (χ0v) is 6.92. The minimum absolute atomic E-state index is 0.502. The van der Waals surface area contributed by atoms with Gasteiger partial charge in [0.25, 0.3) is 0 Å². The van der Waals surface area contributed by atoms with Crippen molar-refractivity contribution in [2.24, 2.45) is 0 Å². The molecule has 2 heterocycles. The topological polar surface area (TPSA) is 41.6 Å². The van der Waals surface area contributed by atoms with Crippen LogP contribution in [-0.2, 0) is 0 Å². The van der Waals surface area contributed by atoms with Crippen LogP contribution < -0.4 is 0 Å². The number of nitrogens with zero attached hydrogens (tertiary/aromatic N) is 2. The van der Waals surface area contributed by atoms with Gasteiger partial charge in [-0.15, -0.1) is 0 Å². The largest absolute Gasteiger partial charge is 0.285 e. The van der Waals surface area contributed by atoms with Crippen molar-refractivity contribution in [2.75, 3.05) is 0 Å². The summed E-state index contributed by atoms with van der Waals surface area (Å²) in [5.41, 5.74) is 2.02. The Labute approximate surface area is 74.4 Å². The van der Waals surface area contributed by atoms with Gasteiger partial charge in [-0.05, 0) is 12.1 Å². The van der Waals surface area contributed by atoms with Gasteiger partial charge in [0.15, 0.2) is 0 Å². The Morgan fingerprint density at radius 2 is 2.08 bits per heavy atom. The monoisotopic (exact) mass is 179 g/mol. The Kier molecular flexibility index (Phi) is 1.80. The molecule has 0 unspecified atom stereocenters. The van der Waals surface area contributed by atoms with Gasteiger partial charge in [-0.3, -0.25) is 5.10 Å². The summed E-state index contributed by atoms with van der Waals surface area (Å²) in [5.74, 6) is 0. The Bertz CT molecular complexity index is 352. The molecule has 4 heteroatoms. The number of pyridine rings is 1. The first-order valence-electron chi connectivity index (χ1n) is 3.47. The first-order valence-corrected chi connectivity index (χ1v) is 3.85. The fourth-order valence-electron chi connectivity index (χ4n) is 0.955. The molecule has 0 atom stereocenters. The van der Waals surface area contributed by atoms with E-state index < -0.39 is 0 Å². The molecular formula is C8H6ClN3. The van der Waals surface area contributed by atoms with E-state index in [4.69, 9.17) is 11.6 Å². The van der Waals surface area contributed by atoms with Gasteiger partial charge in [-0.1, -0.05) is 11.6 Å². The Balaban J connectivity index is 2.43. The Morgan fingerprint density at radius 1 is 1.17 bits per heavy atom. The number of rotatable bonds is 1. The highest BCUT2D eigenvalue weighted by Gasteiger charge is 1.97. The lowest BCUT2D eigenvalue weighted by molar-refractivity contribution is 1.09. The van der Waals surface area contributed by atoms with Gasteiger partial charge < -0.3 is 0 Å². The van der Waals surface area contributed by atoms with Crippen LogP contribution in [0.1, 0.15) is 0 Å². The number of H-pyrrole nitrogens is 1. The summed E-state index contributed by atoms with van der Waals surface area (Å²) in [5, 5.41) is 7.07.